The zero-order chi connectivity index (χ0) is 23.3. The van der Waals surface area contributed by atoms with Crippen LogP contribution in [-0.4, -0.2) is 44.3 Å². The van der Waals surface area contributed by atoms with Crippen molar-refractivity contribution in [1.29, 1.82) is 0 Å². The minimum absolute atomic E-state index is 0.0324. The van der Waals surface area contributed by atoms with Crippen LogP contribution in [0.2, 0.25) is 5.02 Å². The molecule has 9 heteroatoms. The molecule has 1 atom stereocenters. The zero-order valence-electron chi connectivity index (χ0n) is 18.2. The van der Waals surface area contributed by atoms with E-state index in [1.165, 1.54) is 16.7 Å². The maximum absolute atomic E-state index is 13.6. The van der Waals surface area contributed by atoms with Crippen molar-refractivity contribution >= 4 is 45.5 Å². The fourth-order valence-electron chi connectivity index (χ4n) is 4.64. The van der Waals surface area contributed by atoms with Gasteiger partial charge < -0.3 is 24.9 Å². The number of carbonyl (C=O) groups is 1. The molecule has 1 fully saturated rings. The SMILES string of the molecule is Cn1c(=O)c2c(nc(N3CCC[C@@H](N)C3)n2Cc2ccccc2Cl)c2ccc(C(=O)O)cc21. The number of anilines is 1. The van der Waals surface area contributed by atoms with Crippen molar-refractivity contribution in [2.45, 2.75) is 25.4 Å². The van der Waals surface area contributed by atoms with E-state index in [0.717, 1.165) is 30.3 Å². The van der Waals surface area contributed by atoms with E-state index in [9.17, 15) is 14.7 Å². The second-order valence-corrected chi connectivity index (χ2v) is 8.94. The van der Waals surface area contributed by atoms with Gasteiger partial charge in [0.05, 0.1) is 17.6 Å². The first kappa shape index (κ1) is 21.5. The van der Waals surface area contributed by atoms with Crippen LogP contribution in [0.3, 0.4) is 0 Å². The summed E-state index contributed by atoms with van der Waals surface area (Å²) in [5, 5.41) is 10.7. The van der Waals surface area contributed by atoms with Gasteiger partial charge in [0.25, 0.3) is 5.56 Å². The molecule has 3 N–H and O–H groups in total. The lowest BCUT2D eigenvalue weighted by Crippen LogP contribution is -2.44. The Labute approximate surface area is 194 Å². The number of piperidine rings is 1. The fraction of sp³-hybridized carbons (Fsp3) is 0.292. The van der Waals surface area contributed by atoms with Gasteiger partial charge >= 0.3 is 5.97 Å². The molecule has 0 saturated carbocycles. The van der Waals surface area contributed by atoms with E-state index in [4.69, 9.17) is 22.3 Å². The maximum Gasteiger partial charge on any atom is 0.335 e. The van der Waals surface area contributed by atoms with Gasteiger partial charge in [-0.2, -0.15) is 0 Å². The molecule has 1 saturated heterocycles. The smallest absolute Gasteiger partial charge is 0.335 e. The summed E-state index contributed by atoms with van der Waals surface area (Å²) in [6, 6.07) is 12.4. The average Bonchev–Trinajstić information content (AvgIpc) is 3.18. The summed E-state index contributed by atoms with van der Waals surface area (Å²) in [5.41, 5.74) is 8.54. The molecule has 33 heavy (non-hydrogen) atoms. The van der Waals surface area contributed by atoms with E-state index in [1.54, 1.807) is 13.1 Å². The van der Waals surface area contributed by atoms with Gasteiger partial charge in [0.2, 0.25) is 5.95 Å². The molecule has 0 bridgehead atoms. The van der Waals surface area contributed by atoms with Gasteiger partial charge in [-0.1, -0.05) is 29.8 Å². The molecule has 0 radical (unpaired) electrons. The monoisotopic (exact) mass is 465 g/mol. The molecule has 0 spiro atoms. The molecule has 3 heterocycles. The van der Waals surface area contributed by atoms with E-state index in [2.05, 4.69) is 4.90 Å². The van der Waals surface area contributed by atoms with E-state index in [0.29, 0.717) is 40.6 Å². The van der Waals surface area contributed by atoms with Crippen LogP contribution in [0.25, 0.3) is 21.9 Å². The summed E-state index contributed by atoms with van der Waals surface area (Å²) in [6.45, 7) is 1.82. The average molecular weight is 466 g/mol. The third-order valence-electron chi connectivity index (χ3n) is 6.34. The van der Waals surface area contributed by atoms with Crippen molar-refractivity contribution in [3.63, 3.8) is 0 Å². The van der Waals surface area contributed by atoms with Crippen LogP contribution in [0, 0.1) is 0 Å². The first-order chi connectivity index (χ1) is 15.8. The van der Waals surface area contributed by atoms with Crippen molar-refractivity contribution in [2.75, 3.05) is 18.0 Å². The number of nitrogens with two attached hydrogens (primary N) is 1. The molecule has 1 aliphatic rings. The number of nitrogens with zero attached hydrogens (tertiary/aromatic N) is 4. The van der Waals surface area contributed by atoms with Crippen LogP contribution >= 0.6 is 11.6 Å². The molecular formula is C24H24ClN5O3. The Morgan fingerprint density at radius 3 is 2.79 bits per heavy atom. The number of halogens is 1. The number of hydrogen-bond donors (Lipinski definition) is 2. The summed E-state index contributed by atoms with van der Waals surface area (Å²) in [5.74, 6) is -0.372. The number of aromatic nitrogens is 3. The Morgan fingerprint density at radius 2 is 2.06 bits per heavy atom. The number of imidazole rings is 1. The van der Waals surface area contributed by atoms with Gasteiger partial charge in [-0.3, -0.25) is 4.79 Å². The fourth-order valence-corrected chi connectivity index (χ4v) is 4.83. The number of aryl methyl sites for hydroxylation is 1. The van der Waals surface area contributed by atoms with Crippen LogP contribution in [0.4, 0.5) is 5.95 Å². The third-order valence-corrected chi connectivity index (χ3v) is 6.71. The number of pyridine rings is 1. The zero-order valence-corrected chi connectivity index (χ0v) is 18.9. The largest absolute Gasteiger partial charge is 0.478 e. The molecule has 0 aliphatic carbocycles. The van der Waals surface area contributed by atoms with Gasteiger partial charge in [-0.15, -0.1) is 0 Å². The molecule has 0 unspecified atom stereocenters. The summed E-state index contributed by atoms with van der Waals surface area (Å²) in [4.78, 5) is 32.1. The predicted molar refractivity (Wildman–Crippen MR) is 129 cm³/mol. The van der Waals surface area contributed by atoms with Crippen LogP contribution < -0.4 is 16.2 Å². The molecule has 2 aromatic heterocycles. The normalized spacial score (nSPS) is 16.6. The van der Waals surface area contributed by atoms with Crippen molar-refractivity contribution in [1.82, 2.24) is 14.1 Å². The van der Waals surface area contributed by atoms with Crippen molar-refractivity contribution in [3.8, 4) is 0 Å². The molecule has 5 rings (SSSR count). The maximum atomic E-state index is 13.6. The van der Waals surface area contributed by atoms with Crippen molar-refractivity contribution in [2.24, 2.45) is 12.8 Å². The molecule has 8 nitrogen and oxygen atoms in total. The summed E-state index contributed by atoms with van der Waals surface area (Å²) in [6.07, 6.45) is 1.89. The summed E-state index contributed by atoms with van der Waals surface area (Å²) < 4.78 is 3.40. The molecule has 4 aromatic rings. The van der Waals surface area contributed by atoms with Crippen LogP contribution in [0.15, 0.2) is 47.3 Å². The molecule has 0 amide bonds. The first-order valence-electron chi connectivity index (χ1n) is 10.9. The number of rotatable bonds is 4. The van der Waals surface area contributed by atoms with Gasteiger partial charge in [0, 0.05) is 36.6 Å². The number of benzene rings is 2. The highest BCUT2D eigenvalue weighted by molar-refractivity contribution is 6.31. The second-order valence-electron chi connectivity index (χ2n) is 8.54. The van der Waals surface area contributed by atoms with Crippen molar-refractivity contribution in [3.05, 3.63) is 69.0 Å². The van der Waals surface area contributed by atoms with Gasteiger partial charge in [-0.05, 0) is 42.7 Å². The van der Waals surface area contributed by atoms with E-state index in [1.807, 2.05) is 28.8 Å². The Hall–Kier alpha value is -3.36. The molecule has 170 valence electrons. The highest BCUT2D eigenvalue weighted by atomic mass is 35.5. The first-order valence-corrected chi connectivity index (χ1v) is 11.2. The number of hydrogen-bond acceptors (Lipinski definition) is 5. The van der Waals surface area contributed by atoms with E-state index in [-0.39, 0.29) is 17.2 Å². The number of carboxylic acid groups (broad SMARTS) is 1. The minimum Gasteiger partial charge on any atom is -0.478 e. The van der Waals surface area contributed by atoms with Gasteiger partial charge in [0.1, 0.15) is 11.0 Å². The van der Waals surface area contributed by atoms with Gasteiger partial charge in [-0.25, -0.2) is 9.78 Å². The number of carboxylic acids is 1. The third kappa shape index (κ3) is 3.65. The quantitative estimate of drug-likeness (QED) is 0.479. The lowest BCUT2D eigenvalue weighted by atomic mass is 10.1. The summed E-state index contributed by atoms with van der Waals surface area (Å²) >= 11 is 6.46. The molecule has 2 aromatic carbocycles. The highest BCUT2D eigenvalue weighted by Gasteiger charge is 2.26. The number of fused-ring (bicyclic) bond motifs is 3. The van der Waals surface area contributed by atoms with E-state index < -0.39 is 5.97 Å². The Bertz CT molecular complexity index is 1460. The summed E-state index contributed by atoms with van der Waals surface area (Å²) in [7, 11) is 1.65. The lowest BCUT2D eigenvalue weighted by molar-refractivity contribution is 0.0697. The molecule has 1 aliphatic heterocycles. The Kier molecular flexibility index (Phi) is 5.34. The molecular weight excluding hydrogens is 442 g/mol. The second kappa shape index (κ2) is 8.20. The van der Waals surface area contributed by atoms with Gasteiger partial charge in [0.15, 0.2) is 0 Å². The lowest BCUT2D eigenvalue weighted by Gasteiger charge is -2.32. The highest BCUT2D eigenvalue weighted by Crippen LogP contribution is 2.30. The van der Waals surface area contributed by atoms with Crippen molar-refractivity contribution < 1.29 is 9.90 Å². The minimum atomic E-state index is -1.04. The predicted octanol–water partition coefficient (Wildman–Crippen LogP) is 3.22. The van der Waals surface area contributed by atoms with Crippen LogP contribution in [0.5, 0.6) is 0 Å². The van der Waals surface area contributed by atoms with Crippen LogP contribution in [-0.2, 0) is 13.6 Å². The topological polar surface area (TPSA) is 106 Å². The number of aromatic carboxylic acids is 1. The van der Waals surface area contributed by atoms with E-state index >= 15 is 0 Å². The van der Waals surface area contributed by atoms with Crippen LogP contribution in [0.1, 0.15) is 28.8 Å². The Balaban J connectivity index is 1.81. The Morgan fingerprint density at radius 1 is 1.27 bits per heavy atom. The standard InChI is InChI=1S/C24H24ClN5O3/c1-28-19-11-14(23(32)33)8-9-17(19)20-21(22(28)31)30(12-15-5-2-3-7-18(15)25)24(27-20)29-10-4-6-16(26)13-29/h2-3,5,7-9,11,16H,4,6,10,12-13,26H2,1H3,(H,32,33)/t16-/m1/s1.